The Kier molecular flexibility index (Phi) is 11.4. The maximum Gasteiger partial charge on any atom is 0.0364 e. The molecule has 0 aliphatic carbocycles. The monoisotopic (exact) mass is 380 g/mol. The predicted octanol–water partition coefficient (Wildman–Crippen LogP) is 6.81. The van der Waals surface area contributed by atoms with Gasteiger partial charge in [0, 0.05) is 31.9 Å². The van der Waals surface area contributed by atoms with Gasteiger partial charge in [-0.3, -0.25) is 0 Å². The summed E-state index contributed by atoms with van der Waals surface area (Å²) in [5.41, 5.74) is 2.66. The van der Waals surface area contributed by atoms with E-state index in [1.54, 1.807) is 0 Å². The first-order chi connectivity index (χ1) is 13.8. The molecule has 0 heterocycles. The van der Waals surface area contributed by atoms with E-state index in [1.165, 1.54) is 69.0 Å². The van der Waals surface area contributed by atoms with E-state index in [4.69, 9.17) is 0 Å². The topological polar surface area (TPSA) is 15.3 Å². The molecule has 1 unspecified atom stereocenters. The van der Waals surface area contributed by atoms with Crippen LogP contribution in [0.2, 0.25) is 0 Å². The van der Waals surface area contributed by atoms with Crippen molar-refractivity contribution in [3.8, 4) is 0 Å². The summed E-state index contributed by atoms with van der Waals surface area (Å²) in [6.07, 6.45) is 12.3. The predicted molar refractivity (Wildman–Crippen MR) is 124 cm³/mol. The highest BCUT2D eigenvalue weighted by Crippen LogP contribution is 2.15. The van der Waals surface area contributed by atoms with Gasteiger partial charge in [-0.05, 0) is 24.1 Å². The second-order valence-electron chi connectivity index (χ2n) is 8.04. The molecule has 2 heteroatoms. The molecule has 0 saturated heterocycles. The van der Waals surface area contributed by atoms with Gasteiger partial charge >= 0.3 is 0 Å². The summed E-state index contributed by atoms with van der Waals surface area (Å²) in [5, 5.41) is 3.81. The molecule has 0 bridgehead atoms. The Labute approximate surface area is 173 Å². The van der Waals surface area contributed by atoms with E-state index >= 15 is 0 Å². The van der Waals surface area contributed by atoms with Crippen LogP contribution in [0.4, 0.5) is 5.69 Å². The van der Waals surface area contributed by atoms with Crippen LogP contribution in [-0.4, -0.2) is 19.6 Å². The lowest BCUT2D eigenvalue weighted by molar-refractivity contribution is 0.451. The van der Waals surface area contributed by atoms with Crippen LogP contribution in [0.1, 0.15) is 70.3 Å². The van der Waals surface area contributed by atoms with Crippen LogP contribution in [-0.2, 0) is 6.54 Å². The summed E-state index contributed by atoms with van der Waals surface area (Å²) in [6, 6.07) is 22.0. The lowest BCUT2D eigenvalue weighted by Crippen LogP contribution is -2.39. The summed E-state index contributed by atoms with van der Waals surface area (Å²) < 4.78 is 0. The molecule has 0 aliphatic rings. The fraction of sp³-hybridized carbons (Fsp3) is 0.538. The van der Waals surface area contributed by atoms with Crippen LogP contribution in [0, 0.1) is 0 Å². The first kappa shape index (κ1) is 22.5. The smallest absolute Gasteiger partial charge is 0.0364 e. The van der Waals surface area contributed by atoms with Crippen molar-refractivity contribution < 1.29 is 0 Å². The van der Waals surface area contributed by atoms with E-state index < -0.39 is 0 Å². The molecular formula is C26H40N2. The van der Waals surface area contributed by atoms with Gasteiger partial charge in [-0.25, -0.2) is 0 Å². The highest BCUT2D eigenvalue weighted by Gasteiger charge is 2.12. The number of anilines is 1. The number of likely N-dealkylation sites (N-methyl/N-ethyl adjacent to an activating group) is 1. The quantitative estimate of drug-likeness (QED) is 0.341. The summed E-state index contributed by atoms with van der Waals surface area (Å²) >= 11 is 0. The van der Waals surface area contributed by atoms with Gasteiger partial charge < -0.3 is 10.2 Å². The lowest BCUT2D eigenvalue weighted by atomic mass is 10.0. The second-order valence-corrected chi connectivity index (χ2v) is 8.04. The Morgan fingerprint density at radius 3 is 1.96 bits per heavy atom. The third-order valence-corrected chi connectivity index (χ3v) is 5.54. The second kappa shape index (κ2) is 14.2. The highest BCUT2D eigenvalue weighted by atomic mass is 15.1. The molecule has 0 saturated carbocycles. The van der Waals surface area contributed by atoms with Gasteiger partial charge in [0.15, 0.2) is 0 Å². The molecule has 2 aromatic rings. The van der Waals surface area contributed by atoms with Crippen LogP contribution in [0.3, 0.4) is 0 Å². The van der Waals surface area contributed by atoms with Crippen molar-refractivity contribution in [1.82, 2.24) is 5.32 Å². The van der Waals surface area contributed by atoms with Gasteiger partial charge in [-0.2, -0.15) is 0 Å². The van der Waals surface area contributed by atoms with E-state index in [0.29, 0.717) is 6.04 Å². The minimum absolute atomic E-state index is 0.519. The lowest BCUT2D eigenvalue weighted by Gasteiger charge is -2.27. The number of para-hydroxylation sites is 1. The zero-order valence-electron chi connectivity index (χ0n) is 18.1. The van der Waals surface area contributed by atoms with E-state index in [2.05, 4.69) is 84.9 Å². The molecule has 0 aromatic heterocycles. The number of hydrogen-bond donors (Lipinski definition) is 1. The van der Waals surface area contributed by atoms with Crippen molar-refractivity contribution in [2.24, 2.45) is 0 Å². The summed E-state index contributed by atoms with van der Waals surface area (Å²) in [4.78, 5) is 2.38. The minimum Gasteiger partial charge on any atom is -0.373 e. The van der Waals surface area contributed by atoms with Crippen LogP contribution in [0.15, 0.2) is 60.7 Å². The van der Waals surface area contributed by atoms with Gasteiger partial charge in [-0.15, -0.1) is 0 Å². The summed E-state index contributed by atoms with van der Waals surface area (Å²) in [5.74, 6) is 0. The van der Waals surface area contributed by atoms with E-state index in [0.717, 1.165) is 13.1 Å². The maximum absolute atomic E-state index is 3.81. The third kappa shape index (κ3) is 9.41. The zero-order chi connectivity index (χ0) is 19.9. The van der Waals surface area contributed by atoms with Crippen molar-refractivity contribution in [2.45, 2.75) is 77.3 Å². The van der Waals surface area contributed by atoms with E-state index in [-0.39, 0.29) is 0 Å². The van der Waals surface area contributed by atoms with Crippen LogP contribution < -0.4 is 10.2 Å². The molecule has 0 amide bonds. The molecule has 28 heavy (non-hydrogen) atoms. The fourth-order valence-corrected chi connectivity index (χ4v) is 3.76. The van der Waals surface area contributed by atoms with Crippen LogP contribution in [0.25, 0.3) is 0 Å². The third-order valence-electron chi connectivity index (χ3n) is 5.54. The minimum atomic E-state index is 0.519. The summed E-state index contributed by atoms with van der Waals surface area (Å²) in [7, 11) is 2.21. The van der Waals surface area contributed by atoms with Gasteiger partial charge in [-0.1, -0.05) is 107 Å². The van der Waals surface area contributed by atoms with Gasteiger partial charge in [0.25, 0.3) is 0 Å². The Balaban J connectivity index is 1.76. The van der Waals surface area contributed by atoms with Gasteiger partial charge in [0.2, 0.25) is 0 Å². The highest BCUT2D eigenvalue weighted by molar-refractivity contribution is 5.45. The molecule has 0 spiro atoms. The molecule has 2 nitrogen and oxygen atoms in total. The Morgan fingerprint density at radius 1 is 0.750 bits per heavy atom. The van der Waals surface area contributed by atoms with Crippen molar-refractivity contribution in [3.05, 3.63) is 66.2 Å². The standard InChI is InChI=1S/C26H40N2/c1-3-4-5-6-7-8-9-14-19-25(27-22-24-17-12-10-13-18-24)23-28(2)26-20-15-11-16-21-26/h10-13,15-18,20-21,25,27H,3-9,14,19,22-23H2,1-2H3. The van der Waals surface area contributed by atoms with Crippen molar-refractivity contribution >= 4 is 5.69 Å². The SMILES string of the molecule is CCCCCCCCCCC(CN(C)c1ccccc1)NCc1ccccc1. The van der Waals surface area contributed by atoms with Gasteiger partial charge in [0.05, 0.1) is 0 Å². The number of nitrogens with zero attached hydrogens (tertiary/aromatic N) is 1. The molecular weight excluding hydrogens is 340 g/mol. The number of unbranched alkanes of at least 4 members (excludes halogenated alkanes) is 7. The Bertz CT molecular complexity index is 596. The fourth-order valence-electron chi connectivity index (χ4n) is 3.76. The van der Waals surface area contributed by atoms with Crippen molar-refractivity contribution in [3.63, 3.8) is 0 Å². The average molecular weight is 381 g/mol. The Hall–Kier alpha value is -1.80. The van der Waals surface area contributed by atoms with Crippen molar-refractivity contribution in [1.29, 1.82) is 0 Å². The molecule has 1 N–H and O–H groups in total. The number of nitrogens with one attached hydrogen (secondary N) is 1. The number of hydrogen-bond acceptors (Lipinski definition) is 2. The molecule has 154 valence electrons. The van der Waals surface area contributed by atoms with Gasteiger partial charge in [0.1, 0.15) is 0 Å². The average Bonchev–Trinajstić information content (AvgIpc) is 2.75. The largest absolute Gasteiger partial charge is 0.373 e. The summed E-state index contributed by atoms with van der Waals surface area (Å²) in [6.45, 7) is 4.29. The normalized spacial score (nSPS) is 12.1. The molecule has 0 aliphatic heterocycles. The van der Waals surface area contributed by atoms with Crippen molar-refractivity contribution in [2.75, 3.05) is 18.5 Å². The first-order valence-electron chi connectivity index (χ1n) is 11.3. The molecule has 0 radical (unpaired) electrons. The molecule has 2 aromatic carbocycles. The van der Waals surface area contributed by atoms with E-state index in [9.17, 15) is 0 Å². The van der Waals surface area contributed by atoms with Crippen LogP contribution in [0.5, 0.6) is 0 Å². The van der Waals surface area contributed by atoms with E-state index in [1.807, 2.05) is 0 Å². The van der Waals surface area contributed by atoms with Crippen LogP contribution >= 0.6 is 0 Å². The Morgan fingerprint density at radius 2 is 1.32 bits per heavy atom. The number of benzene rings is 2. The zero-order valence-corrected chi connectivity index (χ0v) is 18.1. The molecule has 0 fully saturated rings. The first-order valence-corrected chi connectivity index (χ1v) is 11.3. The molecule has 2 rings (SSSR count). The number of rotatable bonds is 15. The maximum atomic E-state index is 3.81. The molecule has 1 atom stereocenters.